The van der Waals surface area contributed by atoms with Crippen LogP contribution in [0.15, 0.2) is 39.9 Å². The molecular formula is C20H19N3O5. The summed E-state index contributed by atoms with van der Waals surface area (Å²) in [6.45, 7) is 1.02. The summed E-state index contributed by atoms with van der Waals surface area (Å²) in [5.41, 5.74) is 2.01. The number of fused-ring (bicyclic) bond motifs is 2. The summed E-state index contributed by atoms with van der Waals surface area (Å²) in [4.78, 5) is 42.7. The summed E-state index contributed by atoms with van der Waals surface area (Å²) in [5.74, 6) is 1.16. The van der Waals surface area contributed by atoms with Crippen LogP contribution in [0.3, 0.4) is 0 Å². The van der Waals surface area contributed by atoms with E-state index >= 15 is 0 Å². The van der Waals surface area contributed by atoms with Gasteiger partial charge in [0.05, 0.1) is 25.3 Å². The van der Waals surface area contributed by atoms with Gasteiger partial charge in [0.2, 0.25) is 0 Å². The third-order valence-corrected chi connectivity index (χ3v) is 4.97. The molecule has 1 amide bonds. The molecule has 2 aromatic carbocycles. The maximum Gasteiger partial charge on any atom is 0.314 e. The number of hydrogen-bond donors (Lipinski definition) is 2. The summed E-state index contributed by atoms with van der Waals surface area (Å²) in [6, 6.07) is 8.69. The molecular weight excluding hydrogens is 362 g/mol. The lowest BCUT2D eigenvalue weighted by atomic mass is 9.98. The van der Waals surface area contributed by atoms with Crippen molar-refractivity contribution in [1.82, 2.24) is 14.9 Å². The molecule has 0 fully saturated rings. The zero-order valence-corrected chi connectivity index (χ0v) is 15.5. The molecule has 1 aliphatic rings. The van der Waals surface area contributed by atoms with Gasteiger partial charge in [0.15, 0.2) is 11.5 Å². The molecule has 8 heteroatoms. The van der Waals surface area contributed by atoms with Crippen LogP contribution < -0.4 is 20.6 Å². The summed E-state index contributed by atoms with van der Waals surface area (Å²) in [7, 11) is 3.18. The predicted molar refractivity (Wildman–Crippen MR) is 103 cm³/mol. The molecule has 8 nitrogen and oxygen atoms in total. The molecule has 0 saturated heterocycles. The van der Waals surface area contributed by atoms with E-state index in [-0.39, 0.29) is 5.91 Å². The van der Waals surface area contributed by atoms with Crippen LogP contribution in [0.25, 0.3) is 11.0 Å². The van der Waals surface area contributed by atoms with Crippen LogP contribution in [0.4, 0.5) is 0 Å². The number of benzene rings is 2. The minimum atomic E-state index is -0.745. The van der Waals surface area contributed by atoms with Crippen molar-refractivity contribution in [3.05, 3.63) is 67.7 Å². The lowest BCUT2D eigenvalue weighted by Crippen LogP contribution is -2.36. The van der Waals surface area contributed by atoms with Crippen molar-refractivity contribution in [3.63, 3.8) is 0 Å². The lowest BCUT2D eigenvalue weighted by molar-refractivity contribution is 0.0734. The maximum absolute atomic E-state index is 13.0. The number of H-pyrrole nitrogens is 2. The summed E-state index contributed by atoms with van der Waals surface area (Å²) in [6.07, 6.45) is 0.708. The SMILES string of the molecule is COc1cc2c(cc1OC)CN(C(=O)c1ccc3[nH]c(=O)c(=O)[nH]c3c1)CC2. The second-order valence-electron chi connectivity index (χ2n) is 6.62. The number of carbonyl (C=O) groups is 1. The number of nitrogens with one attached hydrogen (secondary N) is 2. The van der Waals surface area contributed by atoms with Crippen molar-refractivity contribution < 1.29 is 14.3 Å². The van der Waals surface area contributed by atoms with E-state index < -0.39 is 11.1 Å². The molecule has 1 aliphatic heterocycles. The Kier molecular flexibility index (Phi) is 4.38. The third-order valence-electron chi connectivity index (χ3n) is 4.97. The summed E-state index contributed by atoms with van der Waals surface area (Å²) in [5, 5.41) is 0. The molecule has 3 aromatic rings. The number of hydrogen-bond acceptors (Lipinski definition) is 5. The molecule has 2 heterocycles. The first-order valence-electron chi connectivity index (χ1n) is 8.79. The quantitative estimate of drug-likeness (QED) is 0.668. The number of rotatable bonds is 3. The van der Waals surface area contributed by atoms with E-state index in [1.165, 1.54) is 0 Å². The Morgan fingerprint density at radius 2 is 1.57 bits per heavy atom. The van der Waals surface area contributed by atoms with Crippen LogP contribution in [-0.4, -0.2) is 41.5 Å². The van der Waals surface area contributed by atoms with Gasteiger partial charge in [-0.1, -0.05) is 0 Å². The highest BCUT2D eigenvalue weighted by atomic mass is 16.5. The van der Waals surface area contributed by atoms with Crippen molar-refractivity contribution in [2.45, 2.75) is 13.0 Å². The second-order valence-corrected chi connectivity index (χ2v) is 6.62. The van der Waals surface area contributed by atoms with E-state index in [1.54, 1.807) is 37.3 Å². The normalized spacial score (nSPS) is 13.3. The first-order chi connectivity index (χ1) is 13.5. The molecule has 28 heavy (non-hydrogen) atoms. The van der Waals surface area contributed by atoms with Crippen molar-refractivity contribution in [1.29, 1.82) is 0 Å². The number of aromatic amines is 2. The average Bonchev–Trinajstić information content (AvgIpc) is 2.72. The van der Waals surface area contributed by atoms with Crippen molar-refractivity contribution in [2.24, 2.45) is 0 Å². The minimum absolute atomic E-state index is 0.144. The van der Waals surface area contributed by atoms with E-state index in [1.807, 2.05) is 12.1 Å². The fraction of sp³-hybridized carbons (Fsp3) is 0.250. The van der Waals surface area contributed by atoms with E-state index in [9.17, 15) is 14.4 Å². The predicted octanol–water partition coefficient (Wildman–Crippen LogP) is 1.43. The van der Waals surface area contributed by atoms with Gasteiger partial charge >= 0.3 is 11.1 Å². The maximum atomic E-state index is 13.0. The molecule has 1 aromatic heterocycles. The Labute approximate surface area is 159 Å². The van der Waals surface area contributed by atoms with Gasteiger partial charge in [-0.2, -0.15) is 0 Å². The zero-order chi connectivity index (χ0) is 19.8. The van der Waals surface area contributed by atoms with E-state index in [0.29, 0.717) is 47.6 Å². The van der Waals surface area contributed by atoms with E-state index in [0.717, 1.165) is 11.1 Å². The van der Waals surface area contributed by atoms with Gasteiger partial charge in [-0.05, 0) is 47.9 Å². The summed E-state index contributed by atoms with van der Waals surface area (Å²) >= 11 is 0. The second kappa shape index (κ2) is 6.88. The smallest absolute Gasteiger partial charge is 0.314 e. The lowest BCUT2D eigenvalue weighted by Gasteiger charge is -2.29. The van der Waals surface area contributed by atoms with Gasteiger partial charge in [-0.15, -0.1) is 0 Å². The first kappa shape index (κ1) is 17.8. The van der Waals surface area contributed by atoms with Gasteiger partial charge in [-0.3, -0.25) is 14.4 Å². The van der Waals surface area contributed by atoms with Crippen LogP contribution in [0.1, 0.15) is 21.5 Å². The standard InChI is InChI=1S/C20H19N3O5/c1-27-16-8-11-5-6-23(10-13(11)9-17(16)28-2)20(26)12-3-4-14-15(7-12)22-19(25)18(24)21-14/h3-4,7-9H,5-6,10H2,1-2H3,(H,21,24)(H,22,25). The summed E-state index contributed by atoms with van der Waals surface area (Å²) < 4.78 is 10.7. The van der Waals surface area contributed by atoms with Crippen LogP contribution in [0.2, 0.25) is 0 Å². The molecule has 144 valence electrons. The van der Waals surface area contributed by atoms with Crippen LogP contribution >= 0.6 is 0 Å². The molecule has 0 radical (unpaired) electrons. The van der Waals surface area contributed by atoms with E-state index in [4.69, 9.17) is 9.47 Å². The third kappa shape index (κ3) is 3.02. The Morgan fingerprint density at radius 3 is 2.25 bits per heavy atom. The van der Waals surface area contributed by atoms with Gasteiger partial charge in [0, 0.05) is 18.7 Å². The van der Waals surface area contributed by atoms with Crippen molar-refractivity contribution >= 4 is 16.9 Å². The van der Waals surface area contributed by atoms with Gasteiger partial charge in [0.25, 0.3) is 5.91 Å². The molecule has 4 rings (SSSR count). The average molecular weight is 381 g/mol. The Bertz CT molecular complexity index is 1190. The van der Waals surface area contributed by atoms with Gasteiger partial charge in [0.1, 0.15) is 0 Å². The first-order valence-corrected chi connectivity index (χ1v) is 8.79. The highest BCUT2D eigenvalue weighted by molar-refractivity contribution is 5.97. The fourth-order valence-electron chi connectivity index (χ4n) is 3.49. The number of amides is 1. The number of carbonyl (C=O) groups excluding carboxylic acids is 1. The molecule has 0 spiro atoms. The van der Waals surface area contributed by atoms with Crippen LogP contribution in [0.5, 0.6) is 11.5 Å². The fourth-order valence-corrected chi connectivity index (χ4v) is 3.49. The molecule has 2 N–H and O–H groups in total. The largest absolute Gasteiger partial charge is 0.493 e. The molecule has 0 saturated carbocycles. The monoisotopic (exact) mass is 381 g/mol. The molecule has 0 aliphatic carbocycles. The van der Waals surface area contributed by atoms with Gasteiger partial charge in [-0.25, -0.2) is 0 Å². The molecule has 0 bridgehead atoms. The Morgan fingerprint density at radius 1 is 0.929 bits per heavy atom. The van der Waals surface area contributed by atoms with Crippen LogP contribution in [0, 0.1) is 0 Å². The zero-order valence-electron chi connectivity index (χ0n) is 15.5. The minimum Gasteiger partial charge on any atom is -0.493 e. The Hall–Kier alpha value is -3.55. The van der Waals surface area contributed by atoms with Crippen molar-refractivity contribution in [3.8, 4) is 11.5 Å². The van der Waals surface area contributed by atoms with Crippen LogP contribution in [-0.2, 0) is 13.0 Å². The number of methoxy groups -OCH3 is 2. The van der Waals surface area contributed by atoms with Gasteiger partial charge < -0.3 is 24.3 Å². The Balaban J connectivity index is 1.64. The molecule has 0 atom stereocenters. The number of aromatic nitrogens is 2. The number of nitrogens with zero attached hydrogens (tertiary/aromatic N) is 1. The highest BCUT2D eigenvalue weighted by Crippen LogP contribution is 2.33. The number of ether oxygens (including phenoxy) is 2. The molecule has 0 unspecified atom stereocenters. The highest BCUT2D eigenvalue weighted by Gasteiger charge is 2.24. The van der Waals surface area contributed by atoms with E-state index in [2.05, 4.69) is 9.97 Å². The van der Waals surface area contributed by atoms with Crippen molar-refractivity contribution in [2.75, 3.05) is 20.8 Å². The topological polar surface area (TPSA) is 104 Å².